The summed E-state index contributed by atoms with van der Waals surface area (Å²) in [7, 11) is 0. The minimum atomic E-state index is -1.14. The van der Waals surface area contributed by atoms with Gasteiger partial charge in [-0.3, -0.25) is 0 Å². The molecule has 1 aliphatic heterocycles. The third-order valence-electron chi connectivity index (χ3n) is 3.44. The molecule has 0 bridgehead atoms. The van der Waals surface area contributed by atoms with E-state index in [2.05, 4.69) is 5.32 Å². The highest BCUT2D eigenvalue weighted by Crippen LogP contribution is 2.21. The van der Waals surface area contributed by atoms with Crippen molar-refractivity contribution in [2.45, 2.75) is 57.5 Å². The first kappa shape index (κ1) is 17.3. The molecule has 6 nitrogen and oxygen atoms in total. The number of aliphatic hydroxyl groups excluding tert-OH is 1. The molecule has 23 heavy (non-hydrogen) atoms. The molecule has 1 aliphatic rings. The van der Waals surface area contributed by atoms with Gasteiger partial charge >= 0.3 is 12.1 Å². The minimum absolute atomic E-state index is 0.159. The molecule has 0 radical (unpaired) electrons. The number of alkyl carbamates (subject to hydrolysis) is 1. The number of carbonyl (C=O) groups is 2. The number of carbonyl (C=O) groups excluding carboxylic acids is 2. The van der Waals surface area contributed by atoms with E-state index < -0.39 is 35.9 Å². The fourth-order valence-electron chi connectivity index (χ4n) is 2.44. The van der Waals surface area contributed by atoms with E-state index in [0.717, 1.165) is 5.56 Å². The number of ether oxygens (including phenoxy) is 2. The van der Waals surface area contributed by atoms with Crippen molar-refractivity contribution in [1.82, 2.24) is 5.32 Å². The largest absolute Gasteiger partial charge is 0.458 e. The van der Waals surface area contributed by atoms with Gasteiger partial charge in [-0.05, 0) is 32.8 Å². The van der Waals surface area contributed by atoms with Crippen LogP contribution in [-0.2, 0) is 20.7 Å². The summed E-state index contributed by atoms with van der Waals surface area (Å²) in [6, 6.07) is 9.09. The van der Waals surface area contributed by atoms with Crippen LogP contribution in [0.2, 0.25) is 0 Å². The standard InChI is InChI=1S/C17H23NO5/c1-17(2,3)23-16(21)18-12(9-11-7-5-4-6-8-11)14-10-13(19)15(20)22-14/h4-8,12-14,19H,9-10H2,1-3H3,(H,18,21)/t12-,13?,14-/m1/s1. The zero-order valence-electron chi connectivity index (χ0n) is 13.6. The molecule has 1 amide bonds. The third-order valence-corrected chi connectivity index (χ3v) is 3.44. The monoisotopic (exact) mass is 321 g/mol. The van der Waals surface area contributed by atoms with E-state index in [4.69, 9.17) is 9.47 Å². The molecule has 6 heteroatoms. The van der Waals surface area contributed by atoms with Gasteiger partial charge in [0.05, 0.1) is 6.04 Å². The first-order chi connectivity index (χ1) is 10.7. The molecule has 0 aliphatic carbocycles. The van der Waals surface area contributed by atoms with Crippen LogP contribution in [0.25, 0.3) is 0 Å². The van der Waals surface area contributed by atoms with Crippen LogP contribution in [0.1, 0.15) is 32.8 Å². The van der Waals surface area contributed by atoms with Gasteiger partial charge in [0.2, 0.25) is 0 Å². The highest BCUT2D eigenvalue weighted by atomic mass is 16.6. The Morgan fingerprint density at radius 2 is 2.04 bits per heavy atom. The Kier molecular flexibility index (Phi) is 5.26. The molecule has 1 saturated heterocycles. The molecule has 1 aromatic rings. The van der Waals surface area contributed by atoms with Crippen molar-refractivity contribution in [3.63, 3.8) is 0 Å². The van der Waals surface area contributed by atoms with Gasteiger partial charge in [-0.15, -0.1) is 0 Å². The van der Waals surface area contributed by atoms with Crippen molar-refractivity contribution in [3.05, 3.63) is 35.9 Å². The van der Waals surface area contributed by atoms with E-state index in [9.17, 15) is 14.7 Å². The summed E-state index contributed by atoms with van der Waals surface area (Å²) >= 11 is 0. The van der Waals surface area contributed by atoms with Crippen LogP contribution in [-0.4, -0.2) is 41.0 Å². The zero-order chi connectivity index (χ0) is 17.0. The van der Waals surface area contributed by atoms with Gasteiger partial charge in [0.15, 0.2) is 6.10 Å². The molecule has 126 valence electrons. The molecular weight excluding hydrogens is 298 g/mol. The lowest BCUT2D eigenvalue weighted by Gasteiger charge is -2.26. The van der Waals surface area contributed by atoms with Crippen LogP contribution in [0.4, 0.5) is 4.79 Å². The molecule has 1 aromatic carbocycles. The van der Waals surface area contributed by atoms with Crippen LogP contribution in [0.15, 0.2) is 30.3 Å². The van der Waals surface area contributed by atoms with E-state index in [1.165, 1.54) is 0 Å². The average Bonchev–Trinajstić information content (AvgIpc) is 2.77. The number of benzene rings is 1. The molecule has 1 fully saturated rings. The van der Waals surface area contributed by atoms with E-state index in [0.29, 0.717) is 6.42 Å². The molecule has 2 N–H and O–H groups in total. The molecule has 0 saturated carbocycles. The summed E-state index contributed by atoms with van der Waals surface area (Å²) in [6.07, 6.45) is -1.66. The summed E-state index contributed by atoms with van der Waals surface area (Å²) in [5, 5.41) is 12.3. The summed E-state index contributed by atoms with van der Waals surface area (Å²) in [5.74, 6) is -0.654. The van der Waals surface area contributed by atoms with Crippen molar-refractivity contribution in [2.24, 2.45) is 0 Å². The van der Waals surface area contributed by atoms with Gasteiger partial charge in [-0.1, -0.05) is 30.3 Å². The van der Waals surface area contributed by atoms with Crippen molar-refractivity contribution < 1.29 is 24.2 Å². The fraction of sp³-hybridized carbons (Fsp3) is 0.529. The second-order valence-electron chi connectivity index (χ2n) is 6.67. The summed E-state index contributed by atoms with van der Waals surface area (Å²) in [4.78, 5) is 23.5. The summed E-state index contributed by atoms with van der Waals surface area (Å²) in [5.41, 5.74) is 0.374. The quantitative estimate of drug-likeness (QED) is 0.826. The summed E-state index contributed by atoms with van der Waals surface area (Å²) in [6.45, 7) is 5.33. The number of cyclic esters (lactones) is 1. The second-order valence-corrected chi connectivity index (χ2v) is 6.67. The Bertz CT molecular complexity index is 552. The number of esters is 1. The van der Waals surface area contributed by atoms with Crippen LogP contribution in [0.5, 0.6) is 0 Å². The fourth-order valence-corrected chi connectivity index (χ4v) is 2.44. The lowest BCUT2D eigenvalue weighted by atomic mass is 9.99. The molecule has 1 heterocycles. The smallest absolute Gasteiger partial charge is 0.408 e. The van der Waals surface area contributed by atoms with E-state index >= 15 is 0 Å². The lowest BCUT2D eigenvalue weighted by molar-refractivity contribution is -0.148. The average molecular weight is 321 g/mol. The maximum absolute atomic E-state index is 12.0. The first-order valence-electron chi connectivity index (χ1n) is 7.66. The highest BCUT2D eigenvalue weighted by molar-refractivity contribution is 5.77. The van der Waals surface area contributed by atoms with Gasteiger partial charge in [0, 0.05) is 6.42 Å². The second kappa shape index (κ2) is 7.00. The van der Waals surface area contributed by atoms with Gasteiger partial charge in [0.1, 0.15) is 11.7 Å². The summed E-state index contributed by atoms with van der Waals surface area (Å²) < 4.78 is 10.4. The molecule has 2 rings (SSSR count). The maximum Gasteiger partial charge on any atom is 0.408 e. The van der Waals surface area contributed by atoms with Crippen LogP contribution >= 0.6 is 0 Å². The number of hydrogen-bond acceptors (Lipinski definition) is 5. The number of hydrogen-bond donors (Lipinski definition) is 2. The number of amides is 1. The normalized spacial score (nSPS) is 22.3. The Morgan fingerprint density at radius 3 is 2.57 bits per heavy atom. The molecule has 0 aromatic heterocycles. The van der Waals surface area contributed by atoms with Gasteiger partial charge in [-0.2, -0.15) is 0 Å². The number of rotatable bonds is 4. The highest BCUT2D eigenvalue weighted by Gasteiger charge is 2.39. The van der Waals surface area contributed by atoms with Crippen LogP contribution in [0.3, 0.4) is 0 Å². The maximum atomic E-state index is 12.0. The first-order valence-corrected chi connectivity index (χ1v) is 7.66. The van der Waals surface area contributed by atoms with Crippen molar-refractivity contribution in [2.75, 3.05) is 0 Å². The predicted molar refractivity (Wildman–Crippen MR) is 83.8 cm³/mol. The molecule has 3 atom stereocenters. The van der Waals surface area contributed by atoms with Crippen molar-refractivity contribution in [3.8, 4) is 0 Å². The van der Waals surface area contributed by atoms with Gasteiger partial charge in [0.25, 0.3) is 0 Å². The lowest BCUT2D eigenvalue weighted by Crippen LogP contribution is -2.46. The Morgan fingerprint density at radius 1 is 1.39 bits per heavy atom. The van der Waals surface area contributed by atoms with Crippen molar-refractivity contribution >= 4 is 12.1 Å². The Hall–Kier alpha value is -2.08. The van der Waals surface area contributed by atoms with Crippen molar-refractivity contribution in [1.29, 1.82) is 0 Å². The predicted octanol–water partition coefficient (Wildman–Crippen LogP) is 1.80. The molecule has 1 unspecified atom stereocenters. The Labute approximate surface area is 135 Å². The zero-order valence-corrected chi connectivity index (χ0v) is 13.6. The molecule has 0 spiro atoms. The van der Waals surface area contributed by atoms with Crippen LogP contribution < -0.4 is 5.32 Å². The van der Waals surface area contributed by atoms with E-state index in [1.54, 1.807) is 20.8 Å². The SMILES string of the molecule is CC(C)(C)OC(=O)N[C@H](Cc1ccccc1)[C@H]1CC(O)C(=O)O1. The van der Waals surface area contributed by atoms with Crippen LogP contribution in [0, 0.1) is 0 Å². The van der Waals surface area contributed by atoms with E-state index in [1.807, 2.05) is 30.3 Å². The number of nitrogens with one attached hydrogen (secondary N) is 1. The Balaban J connectivity index is 2.08. The topological polar surface area (TPSA) is 84.9 Å². The van der Waals surface area contributed by atoms with Gasteiger partial charge in [-0.25, -0.2) is 9.59 Å². The third kappa shape index (κ3) is 5.25. The van der Waals surface area contributed by atoms with E-state index in [-0.39, 0.29) is 6.42 Å². The minimum Gasteiger partial charge on any atom is -0.458 e. The van der Waals surface area contributed by atoms with Gasteiger partial charge < -0.3 is 19.9 Å². The number of aliphatic hydroxyl groups is 1. The molecular formula is C17H23NO5.